The third-order valence-corrected chi connectivity index (χ3v) is 5.17. The number of carbonyl (C=O) groups excluding carboxylic acids is 2. The van der Waals surface area contributed by atoms with Gasteiger partial charge in [-0.2, -0.15) is 0 Å². The summed E-state index contributed by atoms with van der Waals surface area (Å²) in [6.45, 7) is -0.182. The molecule has 2 N–H and O–H groups in total. The first-order valence-electron chi connectivity index (χ1n) is 8.38. The molecule has 0 bridgehead atoms. The van der Waals surface area contributed by atoms with Crippen LogP contribution in [0.15, 0.2) is 65.1 Å². The number of anilines is 1. The number of rotatable bonds is 5. The van der Waals surface area contributed by atoms with Gasteiger partial charge < -0.3 is 15.1 Å². The van der Waals surface area contributed by atoms with Crippen LogP contribution in [0.4, 0.5) is 5.69 Å². The number of nitrogens with one attached hydrogen (secondary N) is 2. The van der Waals surface area contributed by atoms with E-state index in [9.17, 15) is 9.59 Å². The number of benzene rings is 2. The fourth-order valence-corrected chi connectivity index (χ4v) is 3.59. The van der Waals surface area contributed by atoms with E-state index in [1.54, 1.807) is 36.4 Å². The lowest BCUT2D eigenvalue weighted by molar-refractivity contribution is -0.115. The highest BCUT2D eigenvalue weighted by Crippen LogP contribution is 2.31. The Morgan fingerprint density at radius 2 is 1.82 bits per heavy atom. The Morgan fingerprint density at radius 1 is 1.04 bits per heavy atom. The van der Waals surface area contributed by atoms with Crippen molar-refractivity contribution in [2.45, 2.75) is 0 Å². The molecule has 2 aromatic carbocycles. The molecule has 4 aromatic rings. The van der Waals surface area contributed by atoms with Crippen molar-refractivity contribution in [1.29, 1.82) is 0 Å². The summed E-state index contributed by atoms with van der Waals surface area (Å²) in [6.07, 6.45) is 0. The second-order valence-electron chi connectivity index (χ2n) is 5.89. The molecule has 140 valence electrons. The highest BCUT2D eigenvalue weighted by molar-refractivity contribution is 7.21. The first-order chi connectivity index (χ1) is 13.6. The van der Waals surface area contributed by atoms with E-state index >= 15 is 0 Å². The fourth-order valence-electron chi connectivity index (χ4n) is 2.54. The summed E-state index contributed by atoms with van der Waals surface area (Å²) >= 11 is 7.29. The number of para-hydroxylation sites is 1. The summed E-state index contributed by atoms with van der Waals surface area (Å²) in [5.41, 5.74) is 1.48. The zero-order valence-corrected chi connectivity index (χ0v) is 16.0. The second kappa shape index (κ2) is 7.84. The van der Waals surface area contributed by atoms with E-state index in [2.05, 4.69) is 15.6 Å². The minimum atomic E-state index is -0.474. The number of furan rings is 1. The number of thiazole rings is 1. The van der Waals surface area contributed by atoms with Crippen LogP contribution in [0.3, 0.4) is 0 Å². The smallest absolute Gasteiger partial charge is 0.287 e. The van der Waals surface area contributed by atoms with Crippen molar-refractivity contribution >= 4 is 50.7 Å². The zero-order chi connectivity index (χ0) is 19.5. The van der Waals surface area contributed by atoms with Gasteiger partial charge in [-0.05, 0) is 48.5 Å². The average Bonchev–Trinajstić information content (AvgIpc) is 3.35. The number of carbonyl (C=O) groups is 2. The van der Waals surface area contributed by atoms with Crippen LogP contribution in [-0.4, -0.2) is 23.3 Å². The van der Waals surface area contributed by atoms with Gasteiger partial charge in [-0.3, -0.25) is 9.59 Å². The number of hydrogen-bond acceptors (Lipinski definition) is 5. The number of amides is 2. The van der Waals surface area contributed by atoms with Crippen LogP contribution in [0.5, 0.6) is 0 Å². The summed E-state index contributed by atoms with van der Waals surface area (Å²) in [5, 5.41) is 6.48. The predicted molar refractivity (Wildman–Crippen MR) is 110 cm³/mol. The fraction of sp³-hybridized carbons (Fsp3) is 0.0500. The van der Waals surface area contributed by atoms with Crippen molar-refractivity contribution in [2.75, 3.05) is 11.9 Å². The number of hydrogen-bond donors (Lipinski definition) is 2. The van der Waals surface area contributed by atoms with Crippen molar-refractivity contribution in [3.05, 3.63) is 71.4 Å². The van der Waals surface area contributed by atoms with Gasteiger partial charge in [-0.25, -0.2) is 4.98 Å². The number of aromatic nitrogens is 1. The van der Waals surface area contributed by atoms with Gasteiger partial charge in [0, 0.05) is 10.7 Å². The number of nitrogens with zero attached hydrogens (tertiary/aromatic N) is 1. The molecule has 0 aliphatic rings. The molecule has 2 amide bonds. The summed E-state index contributed by atoms with van der Waals surface area (Å²) in [7, 11) is 0. The molecule has 0 atom stereocenters. The minimum Gasteiger partial charge on any atom is -0.448 e. The van der Waals surface area contributed by atoms with Gasteiger partial charge in [0.05, 0.1) is 16.8 Å². The molecule has 0 aliphatic carbocycles. The van der Waals surface area contributed by atoms with E-state index in [1.807, 2.05) is 24.3 Å². The normalized spacial score (nSPS) is 10.8. The van der Waals surface area contributed by atoms with Crippen molar-refractivity contribution in [1.82, 2.24) is 10.3 Å². The summed E-state index contributed by atoms with van der Waals surface area (Å²) < 4.78 is 6.65. The zero-order valence-electron chi connectivity index (χ0n) is 14.4. The van der Waals surface area contributed by atoms with Crippen LogP contribution in [0.2, 0.25) is 5.02 Å². The molecule has 8 heteroatoms. The Morgan fingerprint density at radius 3 is 2.61 bits per heavy atom. The molecule has 6 nitrogen and oxygen atoms in total. The average molecular weight is 412 g/mol. The Labute approximate surface area is 169 Å². The van der Waals surface area contributed by atoms with Gasteiger partial charge in [0.1, 0.15) is 0 Å². The molecule has 0 radical (unpaired) electrons. The summed E-state index contributed by atoms with van der Waals surface area (Å²) in [5.74, 6) is -0.197. The predicted octanol–water partition coefficient (Wildman–Crippen LogP) is 4.58. The second-order valence-corrected chi connectivity index (χ2v) is 7.36. The molecular formula is C20H14ClN3O3S. The maximum atomic E-state index is 12.2. The molecule has 4 rings (SSSR count). The van der Waals surface area contributed by atoms with Crippen LogP contribution < -0.4 is 10.6 Å². The Balaban J connectivity index is 1.37. The van der Waals surface area contributed by atoms with Crippen molar-refractivity contribution < 1.29 is 14.0 Å². The quantitative estimate of drug-likeness (QED) is 0.503. The van der Waals surface area contributed by atoms with Crippen LogP contribution in [-0.2, 0) is 4.79 Å². The molecule has 0 fully saturated rings. The standard InChI is InChI=1S/C20H14ClN3O3S/c21-12-5-7-13(8-6-12)23-18(25)11-22-19(26)15-9-10-16(27-15)20-24-14-3-1-2-4-17(14)28-20/h1-10H,11H2,(H,22,26)(H,23,25). The van der Waals surface area contributed by atoms with Crippen molar-refractivity contribution in [3.63, 3.8) is 0 Å². The van der Waals surface area contributed by atoms with Gasteiger partial charge in [-0.1, -0.05) is 23.7 Å². The van der Waals surface area contributed by atoms with Crippen molar-refractivity contribution in [3.8, 4) is 10.8 Å². The van der Waals surface area contributed by atoms with Gasteiger partial charge in [0.2, 0.25) is 5.91 Å². The molecule has 0 saturated heterocycles. The SMILES string of the molecule is O=C(CNC(=O)c1ccc(-c2nc3ccccc3s2)o1)Nc1ccc(Cl)cc1. The Hall–Kier alpha value is -3.16. The lowest BCUT2D eigenvalue weighted by atomic mass is 10.3. The highest BCUT2D eigenvalue weighted by Gasteiger charge is 2.15. The molecule has 0 spiro atoms. The first-order valence-corrected chi connectivity index (χ1v) is 9.57. The number of halogens is 1. The van der Waals surface area contributed by atoms with Crippen LogP contribution in [0.25, 0.3) is 21.0 Å². The molecule has 0 aliphatic heterocycles. The minimum absolute atomic E-state index is 0.119. The van der Waals surface area contributed by atoms with Crippen LogP contribution in [0.1, 0.15) is 10.6 Å². The van der Waals surface area contributed by atoms with E-state index in [0.29, 0.717) is 21.5 Å². The number of fused-ring (bicyclic) bond motifs is 1. The maximum absolute atomic E-state index is 12.2. The first kappa shape index (κ1) is 18.2. The van der Waals surface area contributed by atoms with E-state index in [0.717, 1.165) is 10.2 Å². The third-order valence-electron chi connectivity index (χ3n) is 3.87. The molecule has 2 heterocycles. The monoisotopic (exact) mass is 411 g/mol. The lowest BCUT2D eigenvalue weighted by Gasteiger charge is -2.06. The van der Waals surface area contributed by atoms with Crippen LogP contribution in [0, 0.1) is 0 Å². The van der Waals surface area contributed by atoms with Gasteiger partial charge in [0.15, 0.2) is 16.5 Å². The third kappa shape index (κ3) is 4.05. The molecular weight excluding hydrogens is 398 g/mol. The lowest BCUT2D eigenvalue weighted by Crippen LogP contribution is -2.32. The molecule has 2 aromatic heterocycles. The summed E-state index contributed by atoms with van der Waals surface area (Å²) in [6, 6.07) is 17.7. The van der Waals surface area contributed by atoms with E-state index in [1.165, 1.54) is 11.3 Å². The highest BCUT2D eigenvalue weighted by atomic mass is 35.5. The van der Waals surface area contributed by atoms with Crippen LogP contribution >= 0.6 is 22.9 Å². The van der Waals surface area contributed by atoms with E-state index in [4.69, 9.17) is 16.0 Å². The van der Waals surface area contributed by atoms with E-state index < -0.39 is 5.91 Å². The van der Waals surface area contributed by atoms with E-state index in [-0.39, 0.29) is 18.2 Å². The van der Waals surface area contributed by atoms with Gasteiger partial charge >= 0.3 is 0 Å². The Bertz CT molecular complexity index is 1120. The largest absolute Gasteiger partial charge is 0.448 e. The molecule has 28 heavy (non-hydrogen) atoms. The Kier molecular flexibility index (Phi) is 5.10. The van der Waals surface area contributed by atoms with Gasteiger partial charge in [-0.15, -0.1) is 11.3 Å². The summed E-state index contributed by atoms with van der Waals surface area (Å²) in [4.78, 5) is 28.7. The topological polar surface area (TPSA) is 84.2 Å². The van der Waals surface area contributed by atoms with Crippen molar-refractivity contribution in [2.24, 2.45) is 0 Å². The maximum Gasteiger partial charge on any atom is 0.287 e. The molecule has 0 saturated carbocycles. The molecule has 0 unspecified atom stereocenters. The van der Waals surface area contributed by atoms with Gasteiger partial charge in [0.25, 0.3) is 5.91 Å².